The molecule has 0 spiro atoms. The van der Waals surface area contributed by atoms with E-state index in [0.29, 0.717) is 0 Å². The maximum Gasteiger partial charge on any atom is 0.124 e. The third-order valence-electron chi connectivity index (χ3n) is 8.00. The van der Waals surface area contributed by atoms with E-state index in [0.717, 1.165) is 33.8 Å². The second-order valence-electron chi connectivity index (χ2n) is 10.8. The standard InChI is InChI=1S/C41H32N2S/c1-3-9-38(42-4-2)35-13-7-12-33(26-35)28-18-22-32(23-19-28)41-43-39-27-34(24-25-40(39)44-41)29-16-20-31(21-17-29)37-15-8-11-30-10-5-6-14-36(30)37/h4-27H,3H2,1-2H3/b38-9-,42-4?. The van der Waals surface area contributed by atoms with Crippen molar-refractivity contribution in [2.75, 3.05) is 0 Å². The summed E-state index contributed by atoms with van der Waals surface area (Å²) in [5.74, 6) is 0. The van der Waals surface area contributed by atoms with Crippen molar-refractivity contribution in [3.63, 3.8) is 0 Å². The van der Waals surface area contributed by atoms with E-state index in [4.69, 9.17) is 4.98 Å². The highest BCUT2D eigenvalue weighted by molar-refractivity contribution is 7.21. The number of benzene rings is 6. The van der Waals surface area contributed by atoms with Gasteiger partial charge in [-0.05, 0) is 75.7 Å². The van der Waals surface area contributed by atoms with E-state index >= 15 is 0 Å². The number of fused-ring (bicyclic) bond motifs is 2. The molecule has 3 heteroatoms. The fourth-order valence-electron chi connectivity index (χ4n) is 5.79. The first-order valence-electron chi connectivity index (χ1n) is 15.1. The van der Waals surface area contributed by atoms with Crippen LogP contribution in [0.15, 0.2) is 145 Å². The minimum Gasteiger partial charge on any atom is -0.261 e. The number of nitrogens with zero attached hydrogens (tertiary/aromatic N) is 2. The molecule has 212 valence electrons. The molecular formula is C41H32N2S. The molecule has 1 heterocycles. The van der Waals surface area contributed by atoms with Crippen molar-refractivity contribution in [1.29, 1.82) is 0 Å². The van der Waals surface area contributed by atoms with E-state index in [1.165, 1.54) is 48.9 Å². The van der Waals surface area contributed by atoms with Gasteiger partial charge in [-0.15, -0.1) is 11.3 Å². The molecule has 1 aromatic heterocycles. The lowest BCUT2D eigenvalue weighted by atomic mass is 9.96. The van der Waals surface area contributed by atoms with Gasteiger partial charge in [-0.2, -0.15) is 0 Å². The maximum atomic E-state index is 5.04. The van der Waals surface area contributed by atoms with Gasteiger partial charge in [0.15, 0.2) is 0 Å². The predicted molar refractivity (Wildman–Crippen MR) is 191 cm³/mol. The summed E-state index contributed by atoms with van der Waals surface area (Å²) in [5, 5.41) is 3.58. The van der Waals surface area contributed by atoms with Crippen LogP contribution in [0.4, 0.5) is 0 Å². The maximum absolute atomic E-state index is 5.04. The molecule has 0 atom stereocenters. The Bertz CT molecular complexity index is 2140. The molecule has 0 aliphatic carbocycles. The summed E-state index contributed by atoms with van der Waals surface area (Å²) >= 11 is 1.74. The molecule has 0 bridgehead atoms. The minimum absolute atomic E-state index is 0.952. The molecule has 0 unspecified atom stereocenters. The molecule has 44 heavy (non-hydrogen) atoms. The molecular weight excluding hydrogens is 553 g/mol. The largest absolute Gasteiger partial charge is 0.261 e. The number of thiazole rings is 1. The Morgan fingerprint density at radius 3 is 2.09 bits per heavy atom. The van der Waals surface area contributed by atoms with Crippen LogP contribution in [0.5, 0.6) is 0 Å². The fraction of sp³-hybridized carbons (Fsp3) is 0.0732. The van der Waals surface area contributed by atoms with Crippen LogP contribution in [0.25, 0.3) is 70.6 Å². The number of hydrogen-bond acceptors (Lipinski definition) is 3. The normalized spacial score (nSPS) is 12.0. The molecule has 0 N–H and O–H groups in total. The predicted octanol–water partition coefficient (Wildman–Crippen LogP) is 12.0. The number of hydrogen-bond donors (Lipinski definition) is 0. The molecule has 0 amide bonds. The Morgan fingerprint density at radius 2 is 1.32 bits per heavy atom. The number of aliphatic imine (C=N–C) groups is 1. The fourth-order valence-corrected chi connectivity index (χ4v) is 6.74. The van der Waals surface area contributed by atoms with Gasteiger partial charge >= 0.3 is 0 Å². The van der Waals surface area contributed by atoms with E-state index in [-0.39, 0.29) is 0 Å². The van der Waals surface area contributed by atoms with Gasteiger partial charge in [-0.1, -0.05) is 128 Å². The van der Waals surface area contributed by atoms with Crippen LogP contribution in [0.2, 0.25) is 0 Å². The molecule has 0 saturated carbocycles. The van der Waals surface area contributed by atoms with E-state index in [9.17, 15) is 0 Å². The van der Waals surface area contributed by atoms with Crippen molar-refractivity contribution in [2.24, 2.45) is 4.99 Å². The first-order valence-corrected chi connectivity index (χ1v) is 15.9. The van der Waals surface area contributed by atoms with Crippen molar-refractivity contribution in [1.82, 2.24) is 4.98 Å². The lowest BCUT2D eigenvalue weighted by molar-refractivity contribution is 1.22. The third kappa shape index (κ3) is 5.50. The molecule has 7 rings (SSSR count). The molecule has 0 radical (unpaired) electrons. The number of rotatable bonds is 7. The second-order valence-corrected chi connectivity index (χ2v) is 11.9. The van der Waals surface area contributed by atoms with Crippen molar-refractivity contribution < 1.29 is 0 Å². The summed E-state index contributed by atoms with van der Waals surface area (Å²) in [6.45, 7) is 4.10. The first-order chi connectivity index (χ1) is 21.7. The summed E-state index contributed by atoms with van der Waals surface area (Å²) in [4.78, 5) is 9.62. The summed E-state index contributed by atoms with van der Waals surface area (Å²) < 4.78 is 1.19. The van der Waals surface area contributed by atoms with E-state index in [1.54, 1.807) is 11.3 Å². The molecule has 0 saturated heterocycles. The minimum atomic E-state index is 0.952. The Hall–Kier alpha value is -5.12. The number of aromatic nitrogens is 1. The summed E-state index contributed by atoms with van der Waals surface area (Å²) in [7, 11) is 0. The van der Waals surface area contributed by atoms with Gasteiger partial charge in [0, 0.05) is 17.3 Å². The van der Waals surface area contributed by atoms with Crippen LogP contribution < -0.4 is 0 Å². The van der Waals surface area contributed by atoms with Crippen LogP contribution in [0.3, 0.4) is 0 Å². The van der Waals surface area contributed by atoms with Crippen LogP contribution in [-0.4, -0.2) is 11.2 Å². The van der Waals surface area contributed by atoms with Gasteiger partial charge < -0.3 is 0 Å². The lowest BCUT2D eigenvalue weighted by Gasteiger charge is -2.08. The zero-order valence-corrected chi connectivity index (χ0v) is 25.7. The van der Waals surface area contributed by atoms with Crippen molar-refractivity contribution >= 4 is 44.2 Å². The van der Waals surface area contributed by atoms with Gasteiger partial charge in [-0.25, -0.2) is 4.98 Å². The Kier molecular flexibility index (Phi) is 7.70. The highest BCUT2D eigenvalue weighted by atomic mass is 32.1. The summed E-state index contributed by atoms with van der Waals surface area (Å²) in [5.41, 5.74) is 11.5. The van der Waals surface area contributed by atoms with Gasteiger partial charge in [0.2, 0.25) is 0 Å². The van der Waals surface area contributed by atoms with E-state index in [2.05, 4.69) is 151 Å². The topological polar surface area (TPSA) is 25.2 Å². The second kappa shape index (κ2) is 12.2. The molecule has 7 aromatic rings. The van der Waals surface area contributed by atoms with Gasteiger partial charge in [0.1, 0.15) is 5.01 Å². The van der Waals surface area contributed by atoms with Crippen molar-refractivity contribution in [3.8, 4) is 44.0 Å². The van der Waals surface area contributed by atoms with Gasteiger partial charge in [0.05, 0.1) is 15.9 Å². The van der Waals surface area contributed by atoms with E-state index in [1.807, 2.05) is 13.1 Å². The zero-order chi connectivity index (χ0) is 29.9. The van der Waals surface area contributed by atoms with Crippen LogP contribution in [-0.2, 0) is 0 Å². The number of allylic oxidation sites excluding steroid dienone is 1. The van der Waals surface area contributed by atoms with Crippen LogP contribution in [0, 0.1) is 0 Å². The monoisotopic (exact) mass is 584 g/mol. The first kappa shape index (κ1) is 27.7. The molecule has 6 aromatic carbocycles. The zero-order valence-electron chi connectivity index (χ0n) is 24.9. The average Bonchev–Trinajstić information content (AvgIpc) is 3.52. The van der Waals surface area contributed by atoms with Crippen LogP contribution >= 0.6 is 11.3 Å². The lowest BCUT2D eigenvalue weighted by Crippen LogP contribution is -1.85. The van der Waals surface area contributed by atoms with Crippen molar-refractivity contribution in [3.05, 3.63) is 145 Å². The smallest absolute Gasteiger partial charge is 0.124 e. The highest BCUT2D eigenvalue weighted by Gasteiger charge is 2.10. The summed E-state index contributed by atoms with van der Waals surface area (Å²) in [6, 6.07) is 47.9. The van der Waals surface area contributed by atoms with Crippen LogP contribution in [0.1, 0.15) is 25.8 Å². The summed E-state index contributed by atoms with van der Waals surface area (Å²) in [6.07, 6.45) is 4.97. The third-order valence-corrected chi connectivity index (χ3v) is 9.08. The Morgan fingerprint density at radius 1 is 0.659 bits per heavy atom. The van der Waals surface area contributed by atoms with Crippen molar-refractivity contribution in [2.45, 2.75) is 20.3 Å². The highest BCUT2D eigenvalue weighted by Crippen LogP contribution is 2.35. The van der Waals surface area contributed by atoms with Gasteiger partial charge in [0.25, 0.3) is 0 Å². The SMILES string of the molecule is CC=N/C(=C\CC)c1cccc(-c2ccc(-c3nc4cc(-c5ccc(-c6cccc7ccccc67)cc5)ccc4s3)cc2)c1. The van der Waals surface area contributed by atoms with E-state index < -0.39 is 0 Å². The molecule has 0 fully saturated rings. The molecule has 0 aliphatic heterocycles. The average molecular weight is 585 g/mol. The molecule has 0 aliphatic rings. The van der Waals surface area contributed by atoms with Gasteiger partial charge in [-0.3, -0.25) is 4.99 Å². The quantitative estimate of drug-likeness (QED) is 0.171. The Balaban J connectivity index is 1.13. The molecule has 2 nitrogen and oxygen atoms in total. The Labute approximate surface area is 262 Å².